The molecule has 0 spiro atoms. The lowest BCUT2D eigenvalue weighted by atomic mass is 9.95. The van der Waals surface area contributed by atoms with Crippen LogP contribution in [0.1, 0.15) is 48.0 Å². The van der Waals surface area contributed by atoms with Gasteiger partial charge in [-0.15, -0.1) is 0 Å². The third kappa shape index (κ3) is 4.36. The molecular formula is C15H30O2Si. The number of allylic oxidation sites excluding steroid dienone is 1. The van der Waals surface area contributed by atoms with Gasteiger partial charge in [-0.1, -0.05) is 33.8 Å². The second kappa shape index (κ2) is 6.67. The molecule has 0 unspecified atom stereocenters. The minimum atomic E-state index is -1.84. The van der Waals surface area contributed by atoms with Crippen LogP contribution < -0.4 is 0 Å². The average molecular weight is 270 g/mol. The molecule has 0 rings (SSSR count). The van der Waals surface area contributed by atoms with E-state index in [9.17, 15) is 4.79 Å². The Labute approximate surface area is 114 Å². The maximum Gasteiger partial charge on any atom is 0.192 e. The average Bonchev–Trinajstić information content (AvgIpc) is 2.26. The molecule has 0 fully saturated rings. The van der Waals surface area contributed by atoms with Crippen LogP contribution in [-0.2, 0) is 9.22 Å². The topological polar surface area (TPSA) is 26.3 Å². The van der Waals surface area contributed by atoms with E-state index in [1.165, 1.54) is 5.57 Å². The van der Waals surface area contributed by atoms with E-state index in [4.69, 9.17) is 4.43 Å². The summed E-state index contributed by atoms with van der Waals surface area (Å²) in [5, 5.41) is 0.167. The van der Waals surface area contributed by atoms with Gasteiger partial charge in [-0.3, -0.25) is 0 Å². The minimum absolute atomic E-state index is 0.0321. The fraction of sp³-hybridized carbons (Fsp3) is 0.800. The zero-order valence-corrected chi connectivity index (χ0v) is 14.3. The second-order valence-corrected chi connectivity index (χ2v) is 11.3. The van der Waals surface area contributed by atoms with Gasteiger partial charge < -0.3 is 9.22 Å². The molecule has 0 aliphatic carbocycles. The van der Waals surface area contributed by atoms with Crippen LogP contribution in [0.15, 0.2) is 11.6 Å². The van der Waals surface area contributed by atoms with Crippen molar-refractivity contribution in [1.82, 2.24) is 0 Å². The Bertz CT molecular complexity index is 300. The first-order valence-electron chi connectivity index (χ1n) is 6.86. The molecule has 0 aliphatic heterocycles. The lowest BCUT2D eigenvalue weighted by molar-refractivity contribution is -0.113. The van der Waals surface area contributed by atoms with Crippen molar-refractivity contribution in [2.24, 2.45) is 5.92 Å². The number of carbonyl (C=O) groups is 1. The van der Waals surface area contributed by atoms with Gasteiger partial charge >= 0.3 is 0 Å². The van der Waals surface area contributed by atoms with Crippen molar-refractivity contribution in [1.29, 1.82) is 0 Å². The van der Waals surface area contributed by atoms with Crippen LogP contribution in [0, 0.1) is 5.92 Å². The Balaban J connectivity index is 5.20. The summed E-state index contributed by atoms with van der Waals surface area (Å²) in [6, 6.07) is 0. The van der Waals surface area contributed by atoms with Gasteiger partial charge in [0.1, 0.15) is 6.29 Å². The molecule has 0 aromatic carbocycles. The van der Waals surface area contributed by atoms with E-state index >= 15 is 0 Å². The second-order valence-electron chi connectivity index (χ2n) is 6.54. The van der Waals surface area contributed by atoms with Crippen LogP contribution in [0.5, 0.6) is 0 Å². The first-order valence-corrected chi connectivity index (χ1v) is 9.77. The molecule has 2 nitrogen and oxygen atoms in total. The summed E-state index contributed by atoms with van der Waals surface area (Å²) in [6.45, 7) is 17.3. The summed E-state index contributed by atoms with van der Waals surface area (Å²) in [7, 11) is -1.84. The van der Waals surface area contributed by atoms with Gasteiger partial charge in [0.2, 0.25) is 0 Å². The van der Waals surface area contributed by atoms with E-state index in [1.54, 1.807) is 0 Å². The van der Waals surface area contributed by atoms with Gasteiger partial charge in [0.25, 0.3) is 0 Å². The van der Waals surface area contributed by atoms with Crippen molar-refractivity contribution in [3.05, 3.63) is 11.6 Å². The quantitative estimate of drug-likeness (QED) is 0.401. The van der Waals surface area contributed by atoms with E-state index in [2.05, 4.69) is 46.9 Å². The smallest absolute Gasteiger partial charge is 0.192 e. The molecule has 18 heavy (non-hydrogen) atoms. The molecular weight excluding hydrogens is 240 g/mol. The lowest BCUT2D eigenvalue weighted by Crippen LogP contribution is -2.46. The highest BCUT2D eigenvalue weighted by molar-refractivity contribution is 6.74. The van der Waals surface area contributed by atoms with Gasteiger partial charge in [-0.25, -0.2) is 0 Å². The summed E-state index contributed by atoms with van der Waals surface area (Å²) in [4.78, 5) is 11.2. The summed E-state index contributed by atoms with van der Waals surface area (Å²) < 4.78 is 6.44. The van der Waals surface area contributed by atoms with Crippen molar-refractivity contribution in [3.63, 3.8) is 0 Å². The molecule has 2 atom stereocenters. The lowest BCUT2D eigenvalue weighted by Gasteiger charge is -2.41. The Morgan fingerprint density at radius 3 is 2.11 bits per heavy atom. The number of aldehydes is 1. The van der Waals surface area contributed by atoms with Crippen molar-refractivity contribution in [3.8, 4) is 0 Å². The van der Waals surface area contributed by atoms with E-state index in [-0.39, 0.29) is 17.1 Å². The van der Waals surface area contributed by atoms with E-state index in [0.29, 0.717) is 0 Å². The van der Waals surface area contributed by atoms with Crippen LogP contribution in [0.4, 0.5) is 0 Å². The van der Waals surface area contributed by atoms with Gasteiger partial charge in [-0.05, 0) is 44.0 Å². The Morgan fingerprint density at radius 1 is 1.33 bits per heavy atom. The molecule has 0 aromatic rings. The van der Waals surface area contributed by atoms with Gasteiger partial charge in [0.15, 0.2) is 8.32 Å². The minimum Gasteiger partial charge on any atom is -0.410 e. The zero-order chi connectivity index (χ0) is 14.6. The summed E-state index contributed by atoms with van der Waals surface area (Å²) in [5.74, 6) is -0.0321. The van der Waals surface area contributed by atoms with Crippen molar-refractivity contribution >= 4 is 14.6 Å². The Hall–Kier alpha value is -0.413. The van der Waals surface area contributed by atoms with E-state index in [0.717, 1.165) is 12.7 Å². The molecule has 0 saturated heterocycles. The molecule has 0 heterocycles. The van der Waals surface area contributed by atoms with Gasteiger partial charge in [0.05, 0.1) is 6.10 Å². The third-order valence-electron chi connectivity index (χ3n) is 4.17. The summed E-state index contributed by atoms with van der Waals surface area (Å²) in [6.07, 6.45) is 3.88. The van der Waals surface area contributed by atoms with Crippen LogP contribution in [0.3, 0.4) is 0 Å². The molecule has 3 heteroatoms. The number of hydrogen-bond donors (Lipinski definition) is 0. The normalized spacial score (nSPS) is 17.4. The summed E-state index contributed by atoms with van der Waals surface area (Å²) in [5.41, 5.74) is 1.17. The zero-order valence-electron chi connectivity index (χ0n) is 13.3. The SMILES string of the molecule is C/C=C(\C)[C@H](O[Si](C)(C)C(C)(C)C)[C@H](C=O)CC. The first kappa shape index (κ1) is 17.6. The van der Waals surface area contributed by atoms with Crippen molar-refractivity contribution in [2.75, 3.05) is 0 Å². The largest absolute Gasteiger partial charge is 0.410 e. The highest BCUT2D eigenvalue weighted by Gasteiger charge is 2.40. The monoisotopic (exact) mass is 270 g/mol. The van der Waals surface area contributed by atoms with Crippen LogP contribution in [-0.4, -0.2) is 20.7 Å². The van der Waals surface area contributed by atoms with Crippen molar-refractivity contribution < 1.29 is 9.22 Å². The van der Waals surface area contributed by atoms with E-state index in [1.807, 2.05) is 13.8 Å². The van der Waals surface area contributed by atoms with Crippen LogP contribution in [0.25, 0.3) is 0 Å². The van der Waals surface area contributed by atoms with Gasteiger partial charge in [0, 0.05) is 5.92 Å². The maximum atomic E-state index is 11.2. The number of carbonyl (C=O) groups excluding carboxylic acids is 1. The van der Waals surface area contributed by atoms with E-state index < -0.39 is 8.32 Å². The summed E-state index contributed by atoms with van der Waals surface area (Å²) >= 11 is 0. The predicted octanol–water partition coefficient (Wildman–Crippen LogP) is 4.57. The number of hydrogen-bond acceptors (Lipinski definition) is 2. The Morgan fingerprint density at radius 2 is 1.83 bits per heavy atom. The third-order valence-corrected chi connectivity index (χ3v) is 8.62. The standard InChI is InChI=1S/C15H30O2Si/c1-9-12(3)14(13(10-2)11-16)17-18(7,8)15(4,5)6/h9,11,13-14H,10H2,1-8H3/b12-9+/t13-,14-/m0/s1. The fourth-order valence-corrected chi connectivity index (χ4v) is 2.91. The molecule has 0 amide bonds. The predicted molar refractivity (Wildman–Crippen MR) is 81.3 cm³/mol. The van der Waals surface area contributed by atoms with Gasteiger partial charge in [-0.2, -0.15) is 0 Å². The van der Waals surface area contributed by atoms with Crippen LogP contribution >= 0.6 is 0 Å². The Kier molecular flexibility index (Phi) is 6.51. The maximum absolute atomic E-state index is 11.2. The number of rotatable bonds is 6. The van der Waals surface area contributed by atoms with Crippen LogP contribution in [0.2, 0.25) is 18.1 Å². The highest BCUT2D eigenvalue weighted by Crippen LogP contribution is 2.39. The molecule has 0 aromatic heterocycles. The highest BCUT2D eigenvalue weighted by atomic mass is 28.4. The molecule has 106 valence electrons. The fourth-order valence-electron chi connectivity index (χ4n) is 1.56. The van der Waals surface area contributed by atoms with Crippen molar-refractivity contribution in [2.45, 2.75) is 72.2 Å². The molecule has 0 N–H and O–H groups in total. The molecule has 0 saturated carbocycles. The molecule has 0 bridgehead atoms. The molecule has 0 aliphatic rings. The molecule has 0 radical (unpaired) electrons. The first-order chi connectivity index (χ1) is 8.10.